The molecule has 0 bridgehead atoms. The molecule has 5 nitrogen and oxygen atoms in total. The highest BCUT2D eigenvalue weighted by Crippen LogP contribution is 2.22. The van der Waals surface area contributed by atoms with Crippen LogP contribution in [0.5, 0.6) is 5.75 Å². The number of pyridine rings is 1. The van der Waals surface area contributed by atoms with Crippen molar-refractivity contribution in [2.24, 2.45) is 0 Å². The van der Waals surface area contributed by atoms with Crippen LogP contribution in [-0.2, 0) is 0 Å². The molecule has 0 aliphatic carbocycles. The van der Waals surface area contributed by atoms with Crippen LogP contribution in [0.25, 0.3) is 11.3 Å². The normalized spacial score (nSPS) is 10.3. The number of hydrogen-bond donors (Lipinski definition) is 3. The summed E-state index contributed by atoms with van der Waals surface area (Å²) >= 11 is 0. The van der Waals surface area contributed by atoms with Crippen LogP contribution < -0.4 is 10.6 Å². The van der Waals surface area contributed by atoms with Crippen molar-refractivity contribution in [2.75, 3.05) is 10.6 Å². The van der Waals surface area contributed by atoms with Crippen LogP contribution in [0.4, 0.5) is 16.2 Å². The maximum atomic E-state index is 12.2. The number of phenols is 1. The van der Waals surface area contributed by atoms with Crippen molar-refractivity contribution >= 4 is 17.4 Å². The van der Waals surface area contributed by atoms with Gasteiger partial charge < -0.3 is 15.7 Å². The molecule has 3 rings (SSSR count). The van der Waals surface area contributed by atoms with Gasteiger partial charge in [-0.05, 0) is 55.3 Å². The first-order valence-corrected chi connectivity index (χ1v) is 7.92. The smallest absolute Gasteiger partial charge is 0.323 e. The lowest BCUT2D eigenvalue weighted by Gasteiger charge is -2.11. The van der Waals surface area contributed by atoms with E-state index in [0.717, 1.165) is 28.1 Å². The predicted octanol–water partition coefficient (Wildman–Crippen LogP) is 4.72. The van der Waals surface area contributed by atoms with Crippen molar-refractivity contribution in [1.82, 2.24) is 4.98 Å². The summed E-state index contributed by atoms with van der Waals surface area (Å²) in [5, 5.41) is 15.1. The molecule has 2 aromatic carbocycles. The molecular weight excluding hydrogens is 314 g/mol. The summed E-state index contributed by atoms with van der Waals surface area (Å²) < 4.78 is 0. The zero-order chi connectivity index (χ0) is 17.8. The number of aromatic hydroxyl groups is 1. The Bertz CT molecular complexity index is 905. The van der Waals surface area contributed by atoms with E-state index >= 15 is 0 Å². The van der Waals surface area contributed by atoms with Crippen molar-refractivity contribution in [1.29, 1.82) is 0 Å². The Labute approximate surface area is 146 Å². The van der Waals surface area contributed by atoms with Crippen LogP contribution in [0, 0.1) is 13.8 Å². The van der Waals surface area contributed by atoms with Crippen LogP contribution >= 0.6 is 0 Å². The summed E-state index contributed by atoms with van der Waals surface area (Å²) in [6.07, 6.45) is 1.59. The molecule has 25 heavy (non-hydrogen) atoms. The molecule has 3 aromatic rings. The number of carbonyl (C=O) groups is 1. The molecule has 0 saturated heterocycles. The molecule has 126 valence electrons. The third kappa shape index (κ3) is 4.14. The summed E-state index contributed by atoms with van der Waals surface area (Å²) in [5.74, 6) is 0.189. The summed E-state index contributed by atoms with van der Waals surface area (Å²) in [4.78, 5) is 16.5. The van der Waals surface area contributed by atoms with Crippen LogP contribution in [-0.4, -0.2) is 16.1 Å². The van der Waals surface area contributed by atoms with Gasteiger partial charge in [-0.25, -0.2) is 4.79 Å². The molecule has 1 heterocycles. The molecule has 3 N–H and O–H groups in total. The van der Waals surface area contributed by atoms with E-state index in [4.69, 9.17) is 0 Å². The number of urea groups is 1. The third-order valence-electron chi connectivity index (χ3n) is 3.80. The first-order chi connectivity index (χ1) is 12.0. The summed E-state index contributed by atoms with van der Waals surface area (Å²) in [5.41, 5.74) is 4.98. The Morgan fingerprint density at radius 1 is 1.00 bits per heavy atom. The van der Waals surface area contributed by atoms with Gasteiger partial charge in [0.25, 0.3) is 0 Å². The van der Waals surface area contributed by atoms with E-state index < -0.39 is 0 Å². The molecule has 2 amide bonds. The van der Waals surface area contributed by atoms with Gasteiger partial charge in [-0.1, -0.05) is 24.3 Å². The molecule has 0 aliphatic heterocycles. The Morgan fingerprint density at radius 3 is 2.56 bits per heavy atom. The standard InChI is InChI=1S/C20H19N3O2/c1-13-6-7-14(2)19(10-13)23-20(25)22-16-8-9-18(21-12-16)15-4-3-5-17(24)11-15/h3-12,24H,1-2H3,(H2,22,23,25). The van der Waals surface area contributed by atoms with Gasteiger partial charge in [0, 0.05) is 11.3 Å². The highest BCUT2D eigenvalue weighted by molar-refractivity contribution is 6.00. The Hall–Kier alpha value is -3.34. The van der Waals surface area contributed by atoms with Gasteiger partial charge in [0.05, 0.1) is 17.6 Å². The second-order valence-corrected chi connectivity index (χ2v) is 5.88. The molecule has 0 radical (unpaired) electrons. The lowest BCUT2D eigenvalue weighted by Crippen LogP contribution is -2.20. The number of amides is 2. The second-order valence-electron chi connectivity index (χ2n) is 5.88. The van der Waals surface area contributed by atoms with E-state index in [9.17, 15) is 9.90 Å². The molecule has 0 atom stereocenters. The Morgan fingerprint density at radius 2 is 1.84 bits per heavy atom. The van der Waals surface area contributed by atoms with E-state index in [0.29, 0.717) is 5.69 Å². The largest absolute Gasteiger partial charge is 0.508 e. The number of hydrogen-bond acceptors (Lipinski definition) is 3. The monoisotopic (exact) mass is 333 g/mol. The van der Waals surface area contributed by atoms with Gasteiger partial charge in [0.2, 0.25) is 0 Å². The minimum absolute atomic E-state index is 0.189. The van der Waals surface area contributed by atoms with Gasteiger partial charge in [-0.2, -0.15) is 0 Å². The maximum absolute atomic E-state index is 12.2. The number of aryl methyl sites for hydroxylation is 2. The molecule has 0 aliphatic rings. The summed E-state index contributed by atoms with van der Waals surface area (Å²) in [7, 11) is 0. The number of benzene rings is 2. The Kier molecular flexibility index (Phi) is 4.66. The summed E-state index contributed by atoms with van der Waals surface area (Å²) in [6, 6.07) is 16.0. The maximum Gasteiger partial charge on any atom is 0.323 e. The number of rotatable bonds is 3. The average molecular weight is 333 g/mol. The van der Waals surface area contributed by atoms with Gasteiger partial charge >= 0.3 is 6.03 Å². The molecule has 0 spiro atoms. The fourth-order valence-corrected chi connectivity index (χ4v) is 2.46. The van der Waals surface area contributed by atoms with Gasteiger partial charge in [0.1, 0.15) is 5.75 Å². The topological polar surface area (TPSA) is 74.2 Å². The average Bonchev–Trinajstić information content (AvgIpc) is 2.59. The molecule has 5 heteroatoms. The molecular formula is C20H19N3O2. The number of nitrogens with one attached hydrogen (secondary N) is 2. The van der Waals surface area contributed by atoms with E-state index in [1.165, 1.54) is 0 Å². The zero-order valence-electron chi connectivity index (χ0n) is 14.1. The van der Waals surface area contributed by atoms with Gasteiger partial charge in [-0.3, -0.25) is 4.98 Å². The van der Waals surface area contributed by atoms with Crippen molar-refractivity contribution in [3.05, 3.63) is 71.9 Å². The molecule has 0 saturated carbocycles. The highest BCUT2D eigenvalue weighted by atomic mass is 16.3. The van der Waals surface area contributed by atoms with E-state index in [2.05, 4.69) is 15.6 Å². The van der Waals surface area contributed by atoms with Crippen LogP contribution in [0.2, 0.25) is 0 Å². The zero-order valence-corrected chi connectivity index (χ0v) is 14.1. The van der Waals surface area contributed by atoms with Crippen LogP contribution in [0.3, 0.4) is 0 Å². The number of aromatic nitrogens is 1. The molecule has 0 fully saturated rings. The minimum atomic E-state index is -0.319. The van der Waals surface area contributed by atoms with Crippen LogP contribution in [0.15, 0.2) is 60.8 Å². The van der Waals surface area contributed by atoms with E-state index in [1.807, 2.05) is 38.1 Å². The molecule has 1 aromatic heterocycles. The van der Waals surface area contributed by atoms with Crippen LogP contribution in [0.1, 0.15) is 11.1 Å². The van der Waals surface area contributed by atoms with Gasteiger partial charge in [-0.15, -0.1) is 0 Å². The fourth-order valence-electron chi connectivity index (χ4n) is 2.46. The summed E-state index contributed by atoms with van der Waals surface area (Å²) in [6.45, 7) is 3.92. The first kappa shape index (κ1) is 16.5. The fraction of sp³-hybridized carbons (Fsp3) is 0.100. The van der Waals surface area contributed by atoms with E-state index in [-0.39, 0.29) is 11.8 Å². The lowest BCUT2D eigenvalue weighted by atomic mass is 10.1. The van der Waals surface area contributed by atoms with Crippen molar-refractivity contribution < 1.29 is 9.90 Å². The SMILES string of the molecule is Cc1ccc(C)c(NC(=O)Nc2ccc(-c3cccc(O)c3)nc2)c1. The van der Waals surface area contributed by atoms with E-state index in [1.54, 1.807) is 36.5 Å². The number of phenolic OH excluding ortho intramolecular Hbond substituents is 1. The predicted molar refractivity (Wildman–Crippen MR) is 99.9 cm³/mol. The van der Waals surface area contributed by atoms with Crippen molar-refractivity contribution in [2.45, 2.75) is 13.8 Å². The number of anilines is 2. The number of nitrogens with zero attached hydrogens (tertiary/aromatic N) is 1. The van der Waals surface area contributed by atoms with Crippen molar-refractivity contribution in [3.63, 3.8) is 0 Å². The second kappa shape index (κ2) is 7.05. The third-order valence-corrected chi connectivity index (χ3v) is 3.80. The lowest BCUT2D eigenvalue weighted by molar-refractivity contribution is 0.262. The quantitative estimate of drug-likeness (QED) is 0.649. The first-order valence-electron chi connectivity index (χ1n) is 7.92. The van der Waals surface area contributed by atoms with Gasteiger partial charge in [0.15, 0.2) is 0 Å². The van der Waals surface area contributed by atoms with Crippen molar-refractivity contribution in [3.8, 4) is 17.0 Å². The Balaban J connectivity index is 1.69. The molecule has 0 unspecified atom stereocenters. The number of carbonyl (C=O) groups excluding carboxylic acids is 1. The highest BCUT2D eigenvalue weighted by Gasteiger charge is 2.06. The minimum Gasteiger partial charge on any atom is -0.508 e.